The standard InChI is InChI=1S/C20H27N3O3/c1-15-19(25)23(16-4-2-3-5-17(16)26-15)11-6-18(24)22-12-8-20(9-13-22)7-10-21-14-20/h2-5,15,21H,6-14H2,1H3. The van der Waals surface area contributed by atoms with E-state index in [1.165, 1.54) is 6.42 Å². The number of amides is 2. The zero-order valence-electron chi connectivity index (χ0n) is 15.4. The molecule has 6 nitrogen and oxygen atoms in total. The van der Waals surface area contributed by atoms with Crippen LogP contribution in [0.3, 0.4) is 0 Å². The lowest BCUT2D eigenvalue weighted by Gasteiger charge is -2.39. The third kappa shape index (κ3) is 3.18. The van der Waals surface area contributed by atoms with Gasteiger partial charge in [-0.1, -0.05) is 12.1 Å². The summed E-state index contributed by atoms with van der Waals surface area (Å²) in [5.41, 5.74) is 1.17. The molecule has 140 valence electrons. The van der Waals surface area contributed by atoms with Crippen LogP contribution in [0.2, 0.25) is 0 Å². The van der Waals surface area contributed by atoms with Gasteiger partial charge in [0.1, 0.15) is 5.75 Å². The number of hydrogen-bond donors (Lipinski definition) is 1. The first-order valence-corrected chi connectivity index (χ1v) is 9.64. The number of para-hydroxylation sites is 2. The van der Waals surface area contributed by atoms with Crippen LogP contribution in [0, 0.1) is 5.41 Å². The van der Waals surface area contributed by atoms with E-state index in [1.54, 1.807) is 11.8 Å². The Bertz CT molecular complexity index is 689. The summed E-state index contributed by atoms with van der Waals surface area (Å²) in [6, 6.07) is 7.53. The Morgan fingerprint density at radius 3 is 2.77 bits per heavy atom. The first-order chi connectivity index (χ1) is 12.6. The van der Waals surface area contributed by atoms with E-state index in [0.29, 0.717) is 24.1 Å². The van der Waals surface area contributed by atoms with Gasteiger partial charge < -0.3 is 19.9 Å². The Balaban J connectivity index is 1.36. The van der Waals surface area contributed by atoms with Crippen molar-refractivity contribution in [2.75, 3.05) is 37.6 Å². The molecular weight excluding hydrogens is 330 g/mol. The van der Waals surface area contributed by atoms with E-state index in [2.05, 4.69) is 5.32 Å². The lowest BCUT2D eigenvalue weighted by molar-refractivity contribution is -0.133. The highest BCUT2D eigenvalue weighted by molar-refractivity contribution is 6.00. The molecule has 2 fully saturated rings. The molecule has 3 aliphatic heterocycles. The molecule has 1 N–H and O–H groups in total. The molecule has 0 saturated carbocycles. The lowest BCUT2D eigenvalue weighted by Crippen LogP contribution is -2.47. The molecule has 4 rings (SSSR count). The van der Waals surface area contributed by atoms with Gasteiger partial charge in [0, 0.05) is 32.6 Å². The summed E-state index contributed by atoms with van der Waals surface area (Å²) < 4.78 is 5.66. The number of rotatable bonds is 3. The van der Waals surface area contributed by atoms with Crippen LogP contribution in [-0.4, -0.2) is 55.5 Å². The van der Waals surface area contributed by atoms with Crippen molar-refractivity contribution in [1.29, 1.82) is 0 Å². The van der Waals surface area contributed by atoms with Gasteiger partial charge in [-0.15, -0.1) is 0 Å². The Labute approximate surface area is 154 Å². The fraction of sp³-hybridized carbons (Fsp3) is 0.600. The highest BCUT2D eigenvalue weighted by Crippen LogP contribution is 2.37. The predicted octanol–water partition coefficient (Wildman–Crippen LogP) is 1.79. The van der Waals surface area contributed by atoms with Crippen molar-refractivity contribution in [3.05, 3.63) is 24.3 Å². The van der Waals surface area contributed by atoms with Gasteiger partial charge in [0.15, 0.2) is 6.10 Å². The number of benzene rings is 1. The molecular formula is C20H27N3O3. The number of nitrogens with zero attached hydrogens (tertiary/aromatic N) is 2. The van der Waals surface area contributed by atoms with Crippen molar-refractivity contribution in [3.8, 4) is 5.75 Å². The van der Waals surface area contributed by atoms with Gasteiger partial charge in [0.05, 0.1) is 5.69 Å². The van der Waals surface area contributed by atoms with E-state index < -0.39 is 6.10 Å². The molecule has 1 aromatic rings. The van der Waals surface area contributed by atoms with Crippen molar-refractivity contribution in [2.24, 2.45) is 5.41 Å². The van der Waals surface area contributed by atoms with E-state index in [-0.39, 0.29) is 11.8 Å². The second-order valence-electron chi connectivity index (χ2n) is 7.78. The minimum Gasteiger partial charge on any atom is -0.479 e. The van der Waals surface area contributed by atoms with Gasteiger partial charge in [-0.05, 0) is 50.3 Å². The summed E-state index contributed by atoms with van der Waals surface area (Å²) in [6.07, 6.45) is 3.25. The van der Waals surface area contributed by atoms with Crippen LogP contribution in [0.5, 0.6) is 5.75 Å². The normalized spacial score (nSPS) is 24.5. The summed E-state index contributed by atoms with van der Waals surface area (Å²) >= 11 is 0. The quantitative estimate of drug-likeness (QED) is 0.896. The van der Waals surface area contributed by atoms with Crippen LogP contribution in [0.1, 0.15) is 32.6 Å². The number of carbonyl (C=O) groups excluding carboxylic acids is 2. The molecule has 1 aromatic carbocycles. The Hall–Kier alpha value is -2.08. The number of ether oxygens (including phenoxy) is 1. The zero-order valence-corrected chi connectivity index (χ0v) is 15.4. The van der Waals surface area contributed by atoms with Crippen LogP contribution in [0.4, 0.5) is 5.69 Å². The SMILES string of the molecule is CC1Oc2ccccc2N(CCC(=O)N2CCC3(CCNC3)CC2)C1=O. The molecule has 3 aliphatic rings. The maximum atomic E-state index is 12.7. The fourth-order valence-electron chi connectivity index (χ4n) is 4.41. The largest absolute Gasteiger partial charge is 0.479 e. The third-order valence-corrected chi connectivity index (χ3v) is 6.13. The second-order valence-corrected chi connectivity index (χ2v) is 7.78. The molecule has 1 unspecified atom stereocenters. The number of likely N-dealkylation sites (tertiary alicyclic amines) is 1. The van der Waals surface area contributed by atoms with Gasteiger partial charge in [0.25, 0.3) is 5.91 Å². The highest BCUT2D eigenvalue weighted by atomic mass is 16.5. The number of hydrogen-bond acceptors (Lipinski definition) is 4. The summed E-state index contributed by atoms with van der Waals surface area (Å²) in [7, 11) is 0. The van der Waals surface area contributed by atoms with E-state index in [1.807, 2.05) is 29.2 Å². The molecule has 0 radical (unpaired) electrons. The molecule has 2 amide bonds. The van der Waals surface area contributed by atoms with Crippen molar-refractivity contribution < 1.29 is 14.3 Å². The molecule has 2 saturated heterocycles. The minimum atomic E-state index is -0.510. The maximum Gasteiger partial charge on any atom is 0.267 e. The molecule has 1 atom stereocenters. The van der Waals surface area contributed by atoms with E-state index in [4.69, 9.17) is 4.74 Å². The molecule has 6 heteroatoms. The minimum absolute atomic E-state index is 0.0777. The van der Waals surface area contributed by atoms with E-state index >= 15 is 0 Å². The summed E-state index contributed by atoms with van der Waals surface area (Å²) in [6.45, 7) is 6.03. The van der Waals surface area contributed by atoms with E-state index in [9.17, 15) is 9.59 Å². The monoisotopic (exact) mass is 357 g/mol. The van der Waals surface area contributed by atoms with Gasteiger partial charge in [0.2, 0.25) is 5.91 Å². The van der Waals surface area contributed by atoms with Crippen LogP contribution >= 0.6 is 0 Å². The van der Waals surface area contributed by atoms with Crippen molar-refractivity contribution in [3.63, 3.8) is 0 Å². The zero-order chi connectivity index (χ0) is 18.1. The third-order valence-electron chi connectivity index (χ3n) is 6.13. The summed E-state index contributed by atoms with van der Waals surface area (Å²) in [5, 5.41) is 3.45. The van der Waals surface area contributed by atoms with Crippen LogP contribution in [0.25, 0.3) is 0 Å². The van der Waals surface area contributed by atoms with Crippen molar-refractivity contribution in [1.82, 2.24) is 10.2 Å². The molecule has 1 spiro atoms. The first kappa shape index (κ1) is 17.3. The number of carbonyl (C=O) groups is 2. The van der Waals surface area contributed by atoms with Gasteiger partial charge in [-0.2, -0.15) is 0 Å². The first-order valence-electron chi connectivity index (χ1n) is 9.64. The summed E-state index contributed by atoms with van der Waals surface area (Å²) in [4.78, 5) is 28.9. The molecule has 3 heterocycles. The van der Waals surface area contributed by atoms with Gasteiger partial charge >= 0.3 is 0 Å². The molecule has 26 heavy (non-hydrogen) atoms. The molecule has 0 bridgehead atoms. The van der Waals surface area contributed by atoms with Crippen LogP contribution < -0.4 is 15.0 Å². The predicted molar refractivity (Wildman–Crippen MR) is 99.2 cm³/mol. The highest BCUT2D eigenvalue weighted by Gasteiger charge is 2.38. The van der Waals surface area contributed by atoms with Crippen molar-refractivity contribution in [2.45, 2.75) is 38.7 Å². The van der Waals surface area contributed by atoms with Gasteiger partial charge in [-0.3, -0.25) is 9.59 Å². The number of anilines is 1. The second kappa shape index (κ2) is 6.91. The lowest BCUT2D eigenvalue weighted by atomic mass is 9.78. The Morgan fingerprint density at radius 2 is 2.04 bits per heavy atom. The summed E-state index contributed by atoms with van der Waals surface area (Å²) in [5.74, 6) is 0.780. The average Bonchev–Trinajstić information content (AvgIpc) is 3.10. The Kier molecular flexibility index (Phi) is 4.61. The maximum absolute atomic E-state index is 12.7. The smallest absolute Gasteiger partial charge is 0.267 e. The van der Waals surface area contributed by atoms with Gasteiger partial charge in [-0.25, -0.2) is 0 Å². The molecule has 0 aliphatic carbocycles. The number of nitrogens with one attached hydrogen (secondary N) is 1. The average molecular weight is 357 g/mol. The van der Waals surface area contributed by atoms with Crippen molar-refractivity contribution >= 4 is 17.5 Å². The van der Waals surface area contributed by atoms with Crippen LogP contribution in [0.15, 0.2) is 24.3 Å². The van der Waals surface area contributed by atoms with E-state index in [0.717, 1.165) is 44.7 Å². The Morgan fingerprint density at radius 1 is 1.27 bits per heavy atom. The van der Waals surface area contributed by atoms with Crippen LogP contribution in [-0.2, 0) is 9.59 Å². The number of fused-ring (bicyclic) bond motifs is 1. The topological polar surface area (TPSA) is 61.9 Å². The number of piperidine rings is 1. The molecule has 0 aromatic heterocycles. The fourth-order valence-corrected chi connectivity index (χ4v) is 4.41.